The van der Waals surface area contributed by atoms with Gasteiger partial charge in [-0.15, -0.1) is 0 Å². The Hall–Kier alpha value is -2.55. The molecule has 3 nitrogen and oxygen atoms in total. The number of rotatable bonds is 2. The first-order chi connectivity index (χ1) is 10.8. The molecule has 1 aliphatic carbocycles. The monoisotopic (exact) mass is 290 g/mol. The molecule has 3 aromatic rings. The molecule has 0 fully saturated rings. The Kier molecular flexibility index (Phi) is 3.00. The van der Waals surface area contributed by atoms with Crippen LogP contribution in [0.5, 0.6) is 0 Å². The zero-order chi connectivity index (χ0) is 15.1. The van der Waals surface area contributed by atoms with Crippen molar-refractivity contribution in [1.29, 1.82) is 0 Å². The van der Waals surface area contributed by atoms with E-state index in [1.807, 2.05) is 19.2 Å². The third-order valence-corrected chi connectivity index (χ3v) is 4.59. The normalized spacial score (nSPS) is 13.3. The number of nitrogens with one attached hydrogen (secondary N) is 2. The van der Waals surface area contributed by atoms with Crippen molar-refractivity contribution in [3.8, 4) is 11.1 Å². The summed E-state index contributed by atoms with van der Waals surface area (Å²) < 4.78 is 0. The summed E-state index contributed by atoms with van der Waals surface area (Å²) in [5.41, 5.74) is 6.74. The number of pyridine rings is 1. The molecule has 0 amide bonds. The average Bonchev–Trinajstić information content (AvgIpc) is 3.05. The van der Waals surface area contributed by atoms with Crippen LogP contribution in [0, 0.1) is 0 Å². The van der Waals surface area contributed by atoms with E-state index in [1.54, 1.807) is 0 Å². The minimum absolute atomic E-state index is 0.0858. The summed E-state index contributed by atoms with van der Waals surface area (Å²) in [6, 6.07) is 14.6. The molecule has 0 bridgehead atoms. The highest BCUT2D eigenvalue weighted by molar-refractivity contribution is 5.98. The highest BCUT2D eigenvalue weighted by atomic mass is 16.1. The van der Waals surface area contributed by atoms with Crippen LogP contribution in [0.25, 0.3) is 22.0 Å². The predicted molar refractivity (Wildman–Crippen MR) is 91.6 cm³/mol. The number of anilines is 1. The summed E-state index contributed by atoms with van der Waals surface area (Å²) in [6.07, 6.45) is 2.97. The second-order valence-corrected chi connectivity index (χ2v) is 5.82. The van der Waals surface area contributed by atoms with Gasteiger partial charge in [-0.05, 0) is 54.2 Å². The number of hydrogen-bond donors (Lipinski definition) is 2. The number of H-pyrrole nitrogens is 1. The van der Waals surface area contributed by atoms with Gasteiger partial charge in [0.1, 0.15) is 0 Å². The standard InChI is InChI=1S/C19H18N2O/c1-20-13-10-8-12(9-11-13)14-4-3-7-17-18(14)15-5-2-6-16(15)19(22)21-17/h3-4,7-11,20H,2,5-6H2,1H3,(H,21,22). The van der Waals surface area contributed by atoms with E-state index < -0.39 is 0 Å². The molecule has 0 saturated carbocycles. The van der Waals surface area contributed by atoms with Gasteiger partial charge in [0.15, 0.2) is 0 Å². The summed E-state index contributed by atoms with van der Waals surface area (Å²) in [7, 11) is 1.92. The van der Waals surface area contributed by atoms with Crippen LogP contribution in [0.15, 0.2) is 47.3 Å². The first-order valence-electron chi connectivity index (χ1n) is 7.73. The van der Waals surface area contributed by atoms with Crippen molar-refractivity contribution in [2.24, 2.45) is 0 Å². The molecule has 22 heavy (non-hydrogen) atoms. The van der Waals surface area contributed by atoms with Crippen LogP contribution in [0.2, 0.25) is 0 Å². The Morgan fingerprint density at radius 2 is 1.77 bits per heavy atom. The molecule has 1 aromatic heterocycles. The van der Waals surface area contributed by atoms with Crippen LogP contribution >= 0.6 is 0 Å². The molecule has 0 spiro atoms. The van der Waals surface area contributed by atoms with Gasteiger partial charge in [-0.3, -0.25) is 4.79 Å². The van der Waals surface area contributed by atoms with Gasteiger partial charge in [0.05, 0.1) is 0 Å². The van der Waals surface area contributed by atoms with Crippen molar-refractivity contribution in [3.63, 3.8) is 0 Å². The van der Waals surface area contributed by atoms with Crippen molar-refractivity contribution < 1.29 is 0 Å². The lowest BCUT2D eigenvalue weighted by atomic mass is 9.95. The third kappa shape index (κ3) is 1.93. The summed E-state index contributed by atoms with van der Waals surface area (Å²) in [5.74, 6) is 0. The van der Waals surface area contributed by atoms with Crippen LogP contribution in [-0.4, -0.2) is 12.0 Å². The topological polar surface area (TPSA) is 44.9 Å². The minimum atomic E-state index is 0.0858. The summed E-state index contributed by atoms with van der Waals surface area (Å²) >= 11 is 0. The summed E-state index contributed by atoms with van der Waals surface area (Å²) in [4.78, 5) is 15.2. The molecule has 0 unspecified atom stereocenters. The van der Waals surface area contributed by atoms with Crippen LogP contribution in [-0.2, 0) is 12.8 Å². The van der Waals surface area contributed by atoms with E-state index in [0.29, 0.717) is 0 Å². The molecule has 4 rings (SSSR count). The highest BCUT2D eigenvalue weighted by Crippen LogP contribution is 2.34. The fraction of sp³-hybridized carbons (Fsp3) is 0.211. The van der Waals surface area contributed by atoms with Gasteiger partial charge >= 0.3 is 0 Å². The molecule has 110 valence electrons. The third-order valence-electron chi connectivity index (χ3n) is 4.59. The fourth-order valence-corrected chi connectivity index (χ4v) is 3.51. The average molecular weight is 290 g/mol. The zero-order valence-corrected chi connectivity index (χ0v) is 12.6. The number of aryl methyl sites for hydroxylation is 1. The lowest BCUT2D eigenvalue weighted by molar-refractivity contribution is 0.909. The second kappa shape index (κ2) is 5.02. The molecule has 1 heterocycles. The van der Waals surface area contributed by atoms with Crippen LogP contribution in [0.3, 0.4) is 0 Å². The van der Waals surface area contributed by atoms with Gasteiger partial charge in [-0.2, -0.15) is 0 Å². The van der Waals surface area contributed by atoms with E-state index in [0.717, 1.165) is 36.0 Å². The van der Waals surface area contributed by atoms with E-state index in [-0.39, 0.29) is 5.56 Å². The Labute approximate surface area is 129 Å². The van der Waals surface area contributed by atoms with Crippen LogP contribution < -0.4 is 10.9 Å². The van der Waals surface area contributed by atoms with E-state index in [9.17, 15) is 4.79 Å². The minimum Gasteiger partial charge on any atom is -0.388 e. The quantitative estimate of drug-likeness (QED) is 0.755. The highest BCUT2D eigenvalue weighted by Gasteiger charge is 2.20. The second-order valence-electron chi connectivity index (χ2n) is 5.82. The summed E-state index contributed by atoms with van der Waals surface area (Å²) in [5, 5.41) is 4.36. The Balaban J connectivity index is 2.02. The maximum atomic E-state index is 12.2. The Morgan fingerprint density at radius 3 is 2.55 bits per heavy atom. The largest absolute Gasteiger partial charge is 0.388 e. The molecular formula is C19H18N2O. The number of aromatic nitrogens is 1. The van der Waals surface area contributed by atoms with Crippen LogP contribution in [0.4, 0.5) is 5.69 Å². The maximum Gasteiger partial charge on any atom is 0.251 e. The fourth-order valence-electron chi connectivity index (χ4n) is 3.51. The van der Waals surface area contributed by atoms with Gasteiger partial charge < -0.3 is 10.3 Å². The predicted octanol–water partition coefficient (Wildman–Crippen LogP) is 3.73. The number of aromatic amines is 1. The molecular weight excluding hydrogens is 272 g/mol. The lowest BCUT2D eigenvalue weighted by Gasteiger charge is -2.12. The molecule has 0 saturated heterocycles. The van der Waals surface area contributed by atoms with Gasteiger partial charge in [-0.25, -0.2) is 0 Å². The molecule has 2 N–H and O–H groups in total. The number of fused-ring (bicyclic) bond motifs is 3. The number of benzene rings is 2. The van der Waals surface area contributed by atoms with Crippen molar-refractivity contribution in [2.45, 2.75) is 19.3 Å². The SMILES string of the molecule is CNc1ccc(-c2cccc3[nH]c(=O)c4c(c23)CCC4)cc1. The maximum absolute atomic E-state index is 12.2. The molecule has 2 aromatic carbocycles. The Morgan fingerprint density at radius 1 is 1.00 bits per heavy atom. The van der Waals surface area contributed by atoms with Crippen molar-refractivity contribution in [3.05, 3.63) is 63.9 Å². The smallest absolute Gasteiger partial charge is 0.251 e. The molecule has 3 heteroatoms. The van der Waals surface area contributed by atoms with Crippen LogP contribution in [0.1, 0.15) is 17.5 Å². The molecule has 0 aliphatic heterocycles. The summed E-state index contributed by atoms with van der Waals surface area (Å²) in [6.45, 7) is 0. The Bertz CT molecular complexity index is 907. The number of hydrogen-bond acceptors (Lipinski definition) is 2. The first kappa shape index (κ1) is 13.1. The van der Waals surface area contributed by atoms with E-state index in [4.69, 9.17) is 0 Å². The first-order valence-corrected chi connectivity index (χ1v) is 7.73. The van der Waals surface area contributed by atoms with Crippen molar-refractivity contribution in [1.82, 2.24) is 4.98 Å². The van der Waals surface area contributed by atoms with E-state index in [2.05, 4.69) is 40.6 Å². The van der Waals surface area contributed by atoms with Gasteiger partial charge in [0, 0.05) is 29.2 Å². The van der Waals surface area contributed by atoms with Gasteiger partial charge in [0.2, 0.25) is 0 Å². The lowest BCUT2D eigenvalue weighted by Crippen LogP contribution is -2.12. The molecule has 1 aliphatic rings. The van der Waals surface area contributed by atoms with E-state index >= 15 is 0 Å². The van der Waals surface area contributed by atoms with E-state index in [1.165, 1.54) is 22.1 Å². The van der Waals surface area contributed by atoms with Gasteiger partial charge in [0.25, 0.3) is 5.56 Å². The van der Waals surface area contributed by atoms with Crippen molar-refractivity contribution in [2.75, 3.05) is 12.4 Å². The molecule has 0 atom stereocenters. The van der Waals surface area contributed by atoms with Gasteiger partial charge in [-0.1, -0.05) is 24.3 Å². The molecule has 0 radical (unpaired) electrons. The van der Waals surface area contributed by atoms with Crippen molar-refractivity contribution >= 4 is 16.6 Å². The zero-order valence-electron chi connectivity index (χ0n) is 12.6.